The van der Waals surface area contributed by atoms with Crippen LogP contribution in [-0.4, -0.2) is 37.6 Å². The monoisotopic (exact) mass is 212 g/mol. The smallest absolute Gasteiger partial charge is 0.324 e. The molecular formula is C10H16N2O3. The van der Waals surface area contributed by atoms with E-state index in [1.54, 1.807) is 0 Å². The van der Waals surface area contributed by atoms with Gasteiger partial charge in [0.25, 0.3) is 0 Å². The van der Waals surface area contributed by atoms with E-state index in [1.807, 2.05) is 0 Å². The lowest BCUT2D eigenvalue weighted by Crippen LogP contribution is -2.55. The zero-order valence-corrected chi connectivity index (χ0v) is 8.62. The minimum absolute atomic E-state index is 0.0722. The van der Waals surface area contributed by atoms with Crippen LogP contribution in [0.25, 0.3) is 0 Å². The molecule has 2 aliphatic rings. The largest absolute Gasteiger partial charge is 0.464 e. The van der Waals surface area contributed by atoms with Crippen LogP contribution in [-0.2, 0) is 14.3 Å². The van der Waals surface area contributed by atoms with Crippen molar-refractivity contribution in [2.75, 3.05) is 19.7 Å². The van der Waals surface area contributed by atoms with Gasteiger partial charge in [-0.1, -0.05) is 12.8 Å². The zero-order chi connectivity index (χ0) is 10.7. The fraction of sp³-hybridized carbons (Fsp3) is 0.800. The summed E-state index contributed by atoms with van der Waals surface area (Å²) < 4.78 is 5.11. The number of amides is 1. The lowest BCUT2D eigenvalue weighted by Gasteiger charge is -2.22. The standard InChI is InChI=1S/C10H16N2O3/c13-9-6-11-8(5-12-9)10(14)15-4-3-7-1-2-7/h7-8,11H,1-6H2,(H,12,13). The molecular weight excluding hydrogens is 196 g/mol. The summed E-state index contributed by atoms with van der Waals surface area (Å²) in [6.45, 7) is 1.04. The van der Waals surface area contributed by atoms with Crippen LogP contribution in [0, 0.1) is 5.92 Å². The van der Waals surface area contributed by atoms with Crippen LogP contribution >= 0.6 is 0 Å². The fourth-order valence-corrected chi connectivity index (χ4v) is 1.57. The Morgan fingerprint density at radius 1 is 1.47 bits per heavy atom. The minimum Gasteiger partial charge on any atom is -0.464 e. The van der Waals surface area contributed by atoms with Crippen molar-refractivity contribution in [1.29, 1.82) is 0 Å². The van der Waals surface area contributed by atoms with E-state index < -0.39 is 0 Å². The van der Waals surface area contributed by atoms with Gasteiger partial charge in [-0.15, -0.1) is 0 Å². The number of hydrogen-bond donors (Lipinski definition) is 2. The maximum atomic E-state index is 11.5. The van der Waals surface area contributed by atoms with Crippen molar-refractivity contribution in [1.82, 2.24) is 10.6 Å². The van der Waals surface area contributed by atoms with Gasteiger partial charge in [0.2, 0.25) is 5.91 Å². The Morgan fingerprint density at radius 3 is 2.87 bits per heavy atom. The molecule has 15 heavy (non-hydrogen) atoms. The average Bonchev–Trinajstić information content (AvgIpc) is 3.02. The predicted octanol–water partition coefficient (Wildman–Crippen LogP) is -0.582. The normalized spacial score (nSPS) is 25.9. The maximum Gasteiger partial charge on any atom is 0.324 e. The molecule has 1 unspecified atom stereocenters. The lowest BCUT2D eigenvalue weighted by molar-refractivity contribution is -0.147. The zero-order valence-electron chi connectivity index (χ0n) is 8.62. The van der Waals surface area contributed by atoms with Gasteiger partial charge in [-0.2, -0.15) is 0 Å². The number of rotatable bonds is 4. The first-order chi connectivity index (χ1) is 7.25. The SMILES string of the molecule is O=C1CNC(C(=O)OCCC2CC2)CN1. The third-order valence-corrected chi connectivity index (χ3v) is 2.76. The van der Waals surface area contributed by atoms with Crippen LogP contribution in [0.2, 0.25) is 0 Å². The third kappa shape index (κ3) is 3.20. The van der Waals surface area contributed by atoms with Crippen molar-refractivity contribution in [3.8, 4) is 0 Å². The van der Waals surface area contributed by atoms with Crippen LogP contribution in [0.15, 0.2) is 0 Å². The van der Waals surface area contributed by atoms with Crippen LogP contribution in [0.3, 0.4) is 0 Å². The molecule has 84 valence electrons. The van der Waals surface area contributed by atoms with Crippen molar-refractivity contribution in [2.45, 2.75) is 25.3 Å². The molecule has 1 aliphatic heterocycles. The molecule has 0 aromatic rings. The van der Waals surface area contributed by atoms with Gasteiger partial charge in [0.1, 0.15) is 6.04 Å². The van der Waals surface area contributed by atoms with E-state index in [0.29, 0.717) is 13.2 Å². The molecule has 5 heteroatoms. The number of ether oxygens (including phenoxy) is 1. The molecule has 1 saturated heterocycles. The molecule has 2 N–H and O–H groups in total. The number of carbonyl (C=O) groups is 2. The summed E-state index contributed by atoms with van der Waals surface area (Å²) in [4.78, 5) is 22.3. The molecule has 0 bridgehead atoms. The number of esters is 1. The first-order valence-corrected chi connectivity index (χ1v) is 5.42. The summed E-state index contributed by atoms with van der Waals surface area (Å²) in [5.41, 5.74) is 0. The van der Waals surface area contributed by atoms with Crippen LogP contribution in [0.1, 0.15) is 19.3 Å². The van der Waals surface area contributed by atoms with Gasteiger partial charge in [0.15, 0.2) is 0 Å². The van der Waals surface area contributed by atoms with Gasteiger partial charge in [0, 0.05) is 6.54 Å². The van der Waals surface area contributed by atoms with E-state index >= 15 is 0 Å². The summed E-state index contributed by atoms with van der Waals surface area (Å²) in [5.74, 6) is 0.449. The highest BCUT2D eigenvalue weighted by Gasteiger charge is 2.26. The molecule has 2 rings (SSSR count). The molecule has 0 spiro atoms. The molecule has 1 atom stereocenters. The number of nitrogens with one attached hydrogen (secondary N) is 2. The van der Waals surface area contributed by atoms with E-state index in [-0.39, 0.29) is 24.5 Å². The summed E-state index contributed by atoms with van der Waals surface area (Å²) >= 11 is 0. The molecule has 0 aromatic heterocycles. The average molecular weight is 212 g/mol. The Kier molecular flexibility index (Phi) is 3.20. The van der Waals surface area contributed by atoms with Gasteiger partial charge in [-0.05, 0) is 12.3 Å². The highest BCUT2D eigenvalue weighted by Crippen LogP contribution is 2.32. The highest BCUT2D eigenvalue weighted by atomic mass is 16.5. The molecule has 2 fully saturated rings. The molecule has 0 aromatic carbocycles. The Labute approximate surface area is 88.5 Å². The topological polar surface area (TPSA) is 67.4 Å². The number of piperazine rings is 1. The molecule has 5 nitrogen and oxygen atoms in total. The quantitative estimate of drug-likeness (QED) is 0.612. The third-order valence-electron chi connectivity index (χ3n) is 2.76. The molecule has 1 amide bonds. The van der Waals surface area contributed by atoms with Gasteiger partial charge < -0.3 is 10.1 Å². The van der Waals surface area contributed by atoms with Crippen molar-refractivity contribution in [3.05, 3.63) is 0 Å². The molecule has 1 aliphatic carbocycles. The maximum absolute atomic E-state index is 11.5. The van der Waals surface area contributed by atoms with E-state index in [1.165, 1.54) is 12.8 Å². The van der Waals surface area contributed by atoms with Crippen LogP contribution in [0.4, 0.5) is 0 Å². The van der Waals surface area contributed by atoms with Crippen LogP contribution in [0.5, 0.6) is 0 Å². The van der Waals surface area contributed by atoms with E-state index in [0.717, 1.165) is 12.3 Å². The Bertz CT molecular complexity index is 253. The summed E-state index contributed by atoms with van der Waals surface area (Å²) in [6, 6.07) is -0.373. The van der Waals surface area contributed by atoms with Crippen molar-refractivity contribution in [3.63, 3.8) is 0 Å². The number of hydrogen-bond acceptors (Lipinski definition) is 4. The van der Waals surface area contributed by atoms with Crippen molar-refractivity contribution in [2.24, 2.45) is 5.92 Å². The van der Waals surface area contributed by atoms with Gasteiger partial charge in [-0.25, -0.2) is 0 Å². The second kappa shape index (κ2) is 4.61. The Balaban J connectivity index is 1.63. The number of carbonyl (C=O) groups excluding carboxylic acids is 2. The predicted molar refractivity (Wildman–Crippen MR) is 53.1 cm³/mol. The molecule has 1 saturated carbocycles. The van der Waals surface area contributed by atoms with Crippen molar-refractivity contribution >= 4 is 11.9 Å². The fourth-order valence-electron chi connectivity index (χ4n) is 1.57. The van der Waals surface area contributed by atoms with E-state index in [9.17, 15) is 9.59 Å². The first kappa shape index (κ1) is 10.4. The Hall–Kier alpha value is -1.10. The van der Waals surface area contributed by atoms with Crippen LogP contribution < -0.4 is 10.6 Å². The molecule has 1 heterocycles. The van der Waals surface area contributed by atoms with Gasteiger partial charge in [-0.3, -0.25) is 14.9 Å². The molecule has 0 radical (unpaired) electrons. The second-order valence-corrected chi connectivity index (χ2v) is 4.14. The van der Waals surface area contributed by atoms with Gasteiger partial charge in [0.05, 0.1) is 13.2 Å². The first-order valence-electron chi connectivity index (χ1n) is 5.42. The summed E-state index contributed by atoms with van der Waals surface area (Å²) in [7, 11) is 0. The minimum atomic E-state index is -0.373. The van der Waals surface area contributed by atoms with Gasteiger partial charge >= 0.3 is 5.97 Å². The summed E-state index contributed by atoms with van der Waals surface area (Å²) in [5, 5.41) is 5.46. The van der Waals surface area contributed by atoms with Crippen molar-refractivity contribution < 1.29 is 14.3 Å². The Morgan fingerprint density at radius 2 is 2.27 bits per heavy atom. The van der Waals surface area contributed by atoms with E-state index in [4.69, 9.17) is 4.74 Å². The summed E-state index contributed by atoms with van der Waals surface area (Å²) in [6.07, 6.45) is 3.52. The highest BCUT2D eigenvalue weighted by molar-refractivity contribution is 5.83. The van der Waals surface area contributed by atoms with E-state index in [2.05, 4.69) is 10.6 Å². The second-order valence-electron chi connectivity index (χ2n) is 4.14. The lowest BCUT2D eigenvalue weighted by atomic mass is 10.2.